The number of aromatic nitrogens is 1. The molecule has 26 heavy (non-hydrogen) atoms. The van der Waals surface area contributed by atoms with E-state index in [9.17, 15) is 4.79 Å². The van der Waals surface area contributed by atoms with E-state index >= 15 is 0 Å². The fraction of sp³-hybridized carbons (Fsp3) is 0.263. The number of hydrogen-bond acceptors (Lipinski definition) is 5. The molecule has 1 aromatic carbocycles. The Morgan fingerprint density at radius 3 is 3.08 bits per heavy atom. The van der Waals surface area contributed by atoms with Gasteiger partial charge in [-0.1, -0.05) is 11.6 Å². The van der Waals surface area contributed by atoms with Crippen LogP contribution in [0.4, 0.5) is 0 Å². The fourth-order valence-electron chi connectivity index (χ4n) is 2.94. The van der Waals surface area contributed by atoms with Crippen LogP contribution in [0.15, 0.2) is 35.7 Å². The summed E-state index contributed by atoms with van der Waals surface area (Å²) in [6.07, 6.45) is 0.648. The lowest BCUT2D eigenvalue weighted by molar-refractivity contribution is -0.126. The fourth-order valence-corrected chi connectivity index (χ4v) is 4.73. The van der Waals surface area contributed by atoms with Gasteiger partial charge in [-0.25, -0.2) is 4.98 Å². The number of benzene rings is 1. The van der Waals surface area contributed by atoms with Crippen LogP contribution in [0, 0.1) is 12.8 Å². The Hall–Kier alpha value is -1.89. The number of nitrogens with zero attached hydrogens (tertiary/aromatic N) is 1. The van der Waals surface area contributed by atoms with E-state index in [0.29, 0.717) is 24.6 Å². The summed E-state index contributed by atoms with van der Waals surface area (Å²) in [5, 5.41) is 6.81. The Morgan fingerprint density at radius 1 is 1.38 bits per heavy atom. The third-order valence-corrected chi connectivity index (χ3v) is 6.39. The van der Waals surface area contributed by atoms with Crippen molar-refractivity contribution in [1.29, 1.82) is 0 Å². The number of thiophene rings is 1. The SMILES string of the molecule is Cc1nc(-c2ccc(CNC(=O)[C@H]3COc4ccc(Cl)cc4C3)s2)cs1. The van der Waals surface area contributed by atoms with E-state index in [1.54, 1.807) is 28.7 Å². The molecule has 1 atom stereocenters. The highest BCUT2D eigenvalue weighted by Gasteiger charge is 2.26. The first-order chi connectivity index (χ1) is 12.6. The molecule has 0 saturated carbocycles. The Morgan fingerprint density at radius 2 is 2.27 bits per heavy atom. The first-order valence-electron chi connectivity index (χ1n) is 8.28. The van der Waals surface area contributed by atoms with Gasteiger partial charge < -0.3 is 10.1 Å². The predicted molar refractivity (Wildman–Crippen MR) is 106 cm³/mol. The van der Waals surface area contributed by atoms with Crippen LogP contribution < -0.4 is 10.1 Å². The molecule has 3 heterocycles. The van der Waals surface area contributed by atoms with Crippen molar-refractivity contribution in [2.24, 2.45) is 5.92 Å². The van der Waals surface area contributed by atoms with Gasteiger partial charge in [0.25, 0.3) is 0 Å². The highest BCUT2D eigenvalue weighted by molar-refractivity contribution is 7.16. The van der Waals surface area contributed by atoms with Crippen LogP contribution in [0.2, 0.25) is 5.02 Å². The number of fused-ring (bicyclic) bond motifs is 1. The highest BCUT2D eigenvalue weighted by atomic mass is 35.5. The van der Waals surface area contributed by atoms with Gasteiger partial charge >= 0.3 is 0 Å². The van der Waals surface area contributed by atoms with Crippen LogP contribution >= 0.6 is 34.3 Å². The van der Waals surface area contributed by atoms with Crippen LogP contribution in [0.3, 0.4) is 0 Å². The van der Waals surface area contributed by atoms with E-state index in [0.717, 1.165) is 31.8 Å². The van der Waals surface area contributed by atoms with Crippen molar-refractivity contribution >= 4 is 40.2 Å². The second-order valence-electron chi connectivity index (χ2n) is 6.20. The molecular formula is C19H17ClN2O2S2. The molecular weight excluding hydrogens is 388 g/mol. The summed E-state index contributed by atoms with van der Waals surface area (Å²) in [5.74, 6) is 0.636. The lowest BCUT2D eigenvalue weighted by Crippen LogP contribution is -2.36. The number of nitrogens with one attached hydrogen (secondary N) is 1. The zero-order valence-corrected chi connectivity index (χ0v) is 16.5. The number of thiazole rings is 1. The average molecular weight is 405 g/mol. The van der Waals surface area contributed by atoms with Crippen molar-refractivity contribution in [3.8, 4) is 16.3 Å². The second-order valence-corrected chi connectivity index (χ2v) is 8.87. The minimum Gasteiger partial charge on any atom is -0.492 e. The number of carbonyl (C=O) groups excluding carboxylic acids is 1. The summed E-state index contributed by atoms with van der Waals surface area (Å²) in [6, 6.07) is 9.64. The monoisotopic (exact) mass is 404 g/mol. The minimum atomic E-state index is -0.193. The molecule has 134 valence electrons. The number of hydrogen-bond donors (Lipinski definition) is 1. The summed E-state index contributed by atoms with van der Waals surface area (Å²) in [6.45, 7) is 2.92. The van der Waals surface area contributed by atoms with E-state index in [-0.39, 0.29) is 11.8 Å². The number of amides is 1. The van der Waals surface area contributed by atoms with Gasteiger partial charge in [0, 0.05) is 15.3 Å². The van der Waals surface area contributed by atoms with Gasteiger partial charge in [-0.2, -0.15) is 0 Å². The minimum absolute atomic E-state index is 0.00933. The number of ether oxygens (including phenoxy) is 1. The molecule has 0 bridgehead atoms. The van der Waals surface area contributed by atoms with Crippen molar-refractivity contribution in [2.75, 3.05) is 6.61 Å². The van der Waals surface area contributed by atoms with Crippen LogP contribution in [0.1, 0.15) is 15.4 Å². The molecule has 0 saturated heterocycles. The maximum atomic E-state index is 12.5. The Bertz CT molecular complexity index is 951. The molecule has 1 amide bonds. The van der Waals surface area contributed by atoms with E-state index in [2.05, 4.69) is 21.7 Å². The van der Waals surface area contributed by atoms with Crippen LogP contribution in [-0.2, 0) is 17.8 Å². The lowest BCUT2D eigenvalue weighted by Gasteiger charge is -2.24. The van der Waals surface area contributed by atoms with Gasteiger partial charge in [0.15, 0.2) is 0 Å². The van der Waals surface area contributed by atoms with Crippen molar-refractivity contribution in [3.05, 3.63) is 56.2 Å². The van der Waals surface area contributed by atoms with Crippen LogP contribution in [0.5, 0.6) is 5.75 Å². The second kappa shape index (κ2) is 7.39. The number of carbonyl (C=O) groups is 1. The summed E-state index contributed by atoms with van der Waals surface area (Å²) < 4.78 is 5.70. The summed E-state index contributed by atoms with van der Waals surface area (Å²) in [7, 11) is 0. The largest absolute Gasteiger partial charge is 0.492 e. The maximum Gasteiger partial charge on any atom is 0.227 e. The zero-order chi connectivity index (χ0) is 18.1. The van der Waals surface area contributed by atoms with E-state index < -0.39 is 0 Å². The molecule has 1 aliphatic heterocycles. The zero-order valence-electron chi connectivity index (χ0n) is 14.1. The first kappa shape index (κ1) is 17.5. The maximum absolute atomic E-state index is 12.5. The van der Waals surface area contributed by atoms with Crippen molar-refractivity contribution in [1.82, 2.24) is 10.3 Å². The molecule has 0 aliphatic carbocycles. The standard InChI is InChI=1S/C19H17ClN2O2S2/c1-11-22-16(10-25-11)18-5-3-15(26-18)8-21-19(23)13-6-12-7-14(20)2-4-17(12)24-9-13/h2-5,7,10,13H,6,8-9H2,1H3,(H,21,23)/t13-/m1/s1. The molecule has 1 N–H and O–H groups in total. The van der Waals surface area contributed by atoms with E-state index in [1.807, 2.05) is 25.1 Å². The van der Waals surface area contributed by atoms with Crippen molar-refractivity contribution < 1.29 is 9.53 Å². The molecule has 4 nitrogen and oxygen atoms in total. The number of aryl methyl sites for hydroxylation is 1. The lowest BCUT2D eigenvalue weighted by atomic mass is 9.96. The quantitative estimate of drug-likeness (QED) is 0.685. The molecule has 0 unspecified atom stereocenters. The molecule has 0 spiro atoms. The Balaban J connectivity index is 1.36. The molecule has 3 aromatic rings. The molecule has 1 aliphatic rings. The van der Waals surface area contributed by atoms with Crippen molar-refractivity contribution in [2.45, 2.75) is 19.9 Å². The summed E-state index contributed by atoms with van der Waals surface area (Å²) >= 11 is 9.34. The number of halogens is 1. The smallest absolute Gasteiger partial charge is 0.227 e. The van der Waals surface area contributed by atoms with Gasteiger partial charge in [-0.3, -0.25) is 4.79 Å². The average Bonchev–Trinajstić information content (AvgIpc) is 3.27. The van der Waals surface area contributed by atoms with E-state index in [4.69, 9.17) is 16.3 Å². The van der Waals surface area contributed by atoms with Gasteiger partial charge in [-0.15, -0.1) is 22.7 Å². The molecule has 2 aromatic heterocycles. The van der Waals surface area contributed by atoms with E-state index in [1.165, 1.54) is 0 Å². The van der Waals surface area contributed by atoms with Gasteiger partial charge in [0.2, 0.25) is 5.91 Å². The Kier molecular flexibility index (Phi) is 4.98. The first-order valence-corrected chi connectivity index (χ1v) is 10.4. The third kappa shape index (κ3) is 3.77. The van der Waals surface area contributed by atoms with Crippen LogP contribution in [-0.4, -0.2) is 17.5 Å². The normalized spacial score (nSPS) is 16.0. The Labute approximate surface area is 164 Å². The third-order valence-electron chi connectivity index (χ3n) is 4.27. The molecule has 0 fully saturated rings. The predicted octanol–water partition coefficient (Wildman–Crippen LogP) is 4.70. The summed E-state index contributed by atoms with van der Waals surface area (Å²) in [5.41, 5.74) is 1.99. The number of rotatable bonds is 4. The van der Waals surface area contributed by atoms with Gasteiger partial charge in [-0.05, 0) is 49.2 Å². The molecule has 4 rings (SSSR count). The van der Waals surface area contributed by atoms with Gasteiger partial charge in [0.1, 0.15) is 12.4 Å². The van der Waals surface area contributed by atoms with Gasteiger partial charge in [0.05, 0.1) is 28.0 Å². The highest BCUT2D eigenvalue weighted by Crippen LogP contribution is 2.31. The molecule has 0 radical (unpaired) electrons. The summed E-state index contributed by atoms with van der Waals surface area (Å²) in [4.78, 5) is 19.3. The molecule has 7 heteroatoms. The van der Waals surface area contributed by atoms with Crippen molar-refractivity contribution in [3.63, 3.8) is 0 Å². The van der Waals surface area contributed by atoms with Crippen LogP contribution in [0.25, 0.3) is 10.6 Å². The topological polar surface area (TPSA) is 51.2 Å².